The molecular formula is C13H12F3N3O. The van der Waals surface area contributed by atoms with Gasteiger partial charge in [0.05, 0.1) is 6.20 Å². The van der Waals surface area contributed by atoms with Crippen molar-refractivity contribution >= 4 is 16.8 Å². The molecule has 0 bridgehead atoms. The molecule has 2 aromatic heterocycles. The summed E-state index contributed by atoms with van der Waals surface area (Å²) in [5.74, 6) is 0.0887. The summed E-state index contributed by atoms with van der Waals surface area (Å²) in [4.78, 5) is 15.5. The molecule has 0 aromatic carbocycles. The van der Waals surface area contributed by atoms with Crippen molar-refractivity contribution in [2.45, 2.75) is 32.0 Å². The van der Waals surface area contributed by atoms with E-state index in [0.717, 1.165) is 11.1 Å². The molecule has 0 spiro atoms. The average molecular weight is 283 g/mol. The molecule has 4 nitrogen and oxygen atoms in total. The maximum atomic E-state index is 12.5. The topological polar surface area (TPSA) is 47.8 Å². The maximum Gasteiger partial charge on any atom is 0.408 e. The van der Waals surface area contributed by atoms with Crippen LogP contribution < -0.4 is 0 Å². The van der Waals surface area contributed by atoms with Gasteiger partial charge in [0, 0.05) is 22.9 Å². The zero-order valence-corrected chi connectivity index (χ0v) is 10.7. The molecule has 2 heterocycles. The molecule has 1 fully saturated rings. The van der Waals surface area contributed by atoms with Gasteiger partial charge in [-0.15, -0.1) is 0 Å². The van der Waals surface area contributed by atoms with E-state index in [1.165, 1.54) is 13.1 Å². The highest BCUT2D eigenvalue weighted by Crippen LogP contribution is 2.47. The molecular weight excluding hydrogens is 271 g/mol. The van der Waals surface area contributed by atoms with Gasteiger partial charge in [0.25, 0.3) is 0 Å². The Balaban J connectivity index is 1.94. The maximum absolute atomic E-state index is 12.5. The van der Waals surface area contributed by atoms with Crippen molar-refractivity contribution < 1.29 is 18.0 Å². The predicted octanol–water partition coefficient (Wildman–Crippen LogP) is 2.69. The van der Waals surface area contributed by atoms with Gasteiger partial charge in [0.1, 0.15) is 12.3 Å². The molecule has 2 atom stereocenters. The van der Waals surface area contributed by atoms with Crippen LogP contribution in [0.2, 0.25) is 0 Å². The van der Waals surface area contributed by atoms with Crippen molar-refractivity contribution in [3.05, 3.63) is 24.0 Å². The Kier molecular flexibility index (Phi) is 2.81. The number of hydrogen-bond donors (Lipinski definition) is 0. The third-order valence-corrected chi connectivity index (χ3v) is 3.53. The van der Waals surface area contributed by atoms with Crippen molar-refractivity contribution in [1.29, 1.82) is 0 Å². The summed E-state index contributed by atoms with van der Waals surface area (Å²) in [6.45, 7) is 0.366. The van der Waals surface area contributed by atoms with Crippen LogP contribution in [0.25, 0.3) is 11.0 Å². The van der Waals surface area contributed by atoms with Gasteiger partial charge in [0.2, 0.25) is 0 Å². The first-order chi connectivity index (χ1) is 9.35. The minimum Gasteiger partial charge on any atom is -0.300 e. The predicted molar refractivity (Wildman–Crippen MR) is 65.1 cm³/mol. The summed E-state index contributed by atoms with van der Waals surface area (Å²) in [6, 6.07) is 3.46. The van der Waals surface area contributed by atoms with Crippen molar-refractivity contribution in [2.75, 3.05) is 0 Å². The standard InChI is InChI=1S/C13H12F3N3O/c1-7(20)9-4-10(9)11-3-2-8-5-17-19(12(8)18-11)6-13(14,15)16/h2-3,5,9-10H,4,6H2,1H3/t9-,10+/m1/s1. The molecule has 1 saturated carbocycles. The number of fused-ring (bicyclic) bond motifs is 1. The fourth-order valence-electron chi connectivity index (χ4n) is 2.43. The highest BCUT2D eigenvalue weighted by atomic mass is 19.4. The molecule has 0 aliphatic heterocycles. The second-order valence-corrected chi connectivity index (χ2v) is 5.13. The van der Waals surface area contributed by atoms with E-state index in [0.29, 0.717) is 11.1 Å². The van der Waals surface area contributed by atoms with Crippen molar-refractivity contribution in [3.63, 3.8) is 0 Å². The van der Waals surface area contributed by atoms with Crippen LogP contribution in [0.4, 0.5) is 13.2 Å². The number of alkyl halides is 3. The van der Waals surface area contributed by atoms with Gasteiger partial charge in [-0.25, -0.2) is 9.67 Å². The van der Waals surface area contributed by atoms with Gasteiger partial charge in [-0.3, -0.25) is 4.79 Å². The van der Waals surface area contributed by atoms with E-state index in [9.17, 15) is 18.0 Å². The Morgan fingerprint density at radius 3 is 2.80 bits per heavy atom. The zero-order chi connectivity index (χ0) is 14.5. The summed E-state index contributed by atoms with van der Waals surface area (Å²) in [7, 11) is 0. The lowest BCUT2D eigenvalue weighted by atomic mass is 10.1. The number of halogens is 3. The molecule has 0 radical (unpaired) electrons. The molecule has 7 heteroatoms. The average Bonchev–Trinajstić information content (AvgIpc) is 3.06. The Morgan fingerprint density at radius 1 is 1.45 bits per heavy atom. The quantitative estimate of drug-likeness (QED) is 0.870. The summed E-state index contributed by atoms with van der Waals surface area (Å²) in [5, 5.41) is 4.29. The number of rotatable bonds is 3. The number of Topliss-reactive ketones (excluding diaryl/α,β-unsaturated/α-hetero) is 1. The molecule has 0 unspecified atom stereocenters. The molecule has 0 amide bonds. The summed E-state index contributed by atoms with van der Waals surface area (Å²) >= 11 is 0. The highest BCUT2D eigenvalue weighted by Gasteiger charge is 2.43. The molecule has 0 saturated heterocycles. The van der Waals surface area contributed by atoms with Crippen LogP contribution in [-0.4, -0.2) is 26.7 Å². The van der Waals surface area contributed by atoms with Crippen molar-refractivity contribution in [3.8, 4) is 0 Å². The Labute approximate surface area is 112 Å². The number of aromatic nitrogens is 3. The first kappa shape index (κ1) is 13.1. The lowest BCUT2D eigenvalue weighted by Gasteiger charge is -2.07. The van der Waals surface area contributed by atoms with Crippen LogP contribution in [0.15, 0.2) is 18.3 Å². The van der Waals surface area contributed by atoms with Crippen LogP contribution in [0, 0.1) is 5.92 Å². The van der Waals surface area contributed by atoms with Crippen LogP contribution in [0.3, 0.4) is 0 Å². The second kappa shape index (κ2) is 4.29. The molecule has 106 valence electrons. The zero-order valence-electron chi connectivity index (χ0n) is 10.7. The largest absolute Gasteiger partial charge is 0.408 e. The molecule has 1 aliphatic carbocycles. The normalized spacial score (nSPS) is 22.2. The number of hydrogen-bond acceptors (Lipinski definition) is 3. The van der Waals surface area contributed by atoms with Crippen LogP contribution >= 0.6 is 0 Å². The lowest BCUT2D eigenvalue weighted by molar-refractivity contribution is -0.141. The number of nitrogens with zero attached hydrogens (tertiary/aromatic N) is 3. The Hall–Kier alpha value is -1.92. The summed E-state index contributed by atoms with van der Waals surface area (Å²) in [5.41, 5.74) is 0.885. The first-order valence-electron chi connectivity index (χ1n) is 6.25. The second-order valence-electron chi connectivity index (χ2n) is 5.13. The van der Waals surface area contributed by atoms with Gasteiger partial charge in [0.15, 0.2) is 5.65 Å². The van der Waals surface area contributed by atoms with E-state index in [1.807, 2.05) is 0 Å². The van der Waals surface area contributed by atoms with E-state index in [2.05, 4.69) is 10.1 Å². The van der Waals surface area contributed by atoms with E-state index in [-0.39, 0.29) is 23.3 Å². The van der Waals surface area contributed by atoms with Crippen molar-refractivity contribution in [2.24, 2.45) is 5.92 Å². The molecule has 1 aliphatic rings. The minimum absolute atomic E-state index is 0.0335. The summed E-state index contributed by atoms with van der Waals surface area (Å²) in [6.07, 6.45) is -2.24. The highest BCUT2D eigenvalue weighted by molar-refractivity contribution is 5.83. The molecule has 0 N–H and O–H groups in total. The van der Waals surface area contributed by atoms with E-state index < -0.39 is 12.7 Å². The molecule has 20 heavy (non-hydrogen) atoms. The van der Waals surface area contributed by atoms with E-state index >= 15 is 0 Å². The van der Waals surface area contributed by atoms with Gasteiger partial charge in [-0.05, 0) is 25.5 Å². The number of carbonyl (C=O) groups excluding carboxylic acids is 1. The third kappa shape index (κ3) is 2.39. The number of carbonyl (C=O) groups is 1. The van der Waals surface area contributed by atoms with Gasteiger partial charge in [-0.1, -0.05) is 0 Å². The van der Waals surface area contributed by atoms with Gasteiger partial charge >= 0.3 is 6.18 Å². The van der Waals surface area contributed by atoms with Crippen molar-refractivity contribution in [1.82, 2.24) is 14.8 Å². The monoisotopic (exact) mass is 283 g/mol. The van der Waals surface area contributed by atoms with E-state index in [4.69, 9.17) is 0 Å². The lowest BCUT2D eigenvalue weighted by Crippen LogP contribution is -2.18. The smallest absolute Gasteiger partial charge is 0.300 e. The number of ketones is 1. The molecule has 3 rings (SSSR count). The Bertz CT molecular complexity index is 677. The van der Waals surface area contributed by atoms with Gasteiger partial charge < -0.3 is 0 Å². The fraction of sp³-hybridized carbons (Fsp3) is 0.462. The van der Waals surface area contributed by atoms with Crippen LogP contribution in [0.1, 0.15) is 25.0 Å². The van der Waals surface area contributed by atoms with Gasteiger partial charge in [-0.2, -0.15) is 18.3 Å². The van der Waals surface area contributed by atoms with Crippen LogP contribution in [0.5, 0.6) is 0 Å². The third-order valence-electron chi connectivity index (χ3n) is 3.53. The van der Waals surface area contributed by atoms with Crippen LogP contribution in [-0.2, 0) is 11.3 Å². The molecule has 2 aromatic rings. The minimum atomic E-state index is -4.34. The van der Waals surface area contributed by atoms with E-state index in [1.54, 1.807) is 12.1 Å². The fourth-order valence-corrected chi connectivity index (χ4v) is 2.43. The number of pyridine rings is 1. The summed E-state index contributed by atoms with van der Waals surface area (Å²) < 4.78 is 38.2. The Morgan fingerprint density at radius 2 is 2.20 bits per heavy atom. The SMILES string of the molecule is CC(=O)[C@H]1C[C@@H]1c1ccc2cnn(CC(F)(F)F)c2n1. The first-order valence-corrected chi connectivity index (χ1v) is 6.25.